The van der Waals surface area contributed by atoms with Gasteiger partial charge in [-0.1, -0.05) is 5.11 Å². The van der Waals surface area contributed by atoms with E-state index in [4.69, 9.17) is 19.7 Å². The van der Waals surface area contributed by atoms with E-state index in [2.05, 4.69) is 44.2 Å². The number of rotatable bonds is 6. The summed E-state index contributed by atoms with van der Waals surface area (Å²) >= 11 is 1.65. The first-order chi connectivity index (χ1) is 15.8. The highest BCUT2D eigenvalue weighted by molar-refractivity contribution is 7.19. The van der Waals surface area contributed by atoms with E-state index in [1.807, 2.05) is 13.2 Å². The Morgan fingerprint density at radius 2 is 1.85 bits per heavy atom. The maximum Gasteiger partial charge on any atom is 0.230 e. The molecule has 2 N–H and O–H groups in total. The van der Waals surface area contributed by atoms with E-state index in [1.165, 1.54) is 12.8 Å². The van der Waals surface area contributed by atoms with Crippen LogP contribution in [-0.4, -0.2) is 91.6 Å². The number of aromatic nitrogens is 5. The van der Waals surface area contributed by atoms with Crippen LogP contribution in [0.15, 0.2) is 12.4 Å². The first-order valence-electron chi connectivity index (χ1n) is 11.9. The third-order valence-electron chi connectivity index (χ3n) is 6.46. The molecule has 1 saturated carbocycles. The quantitative estimate of drug-likeness (QED) is 0.478. The van der Waals surface area contributed by atoms with Gasteiger partial charge in [0.25, 0.3) is 0 Å². The van der Waals surface area contributed by atoms with E-state index in [1.54, 1.807) is 22.2 Å². The van der Waals surface area contributed by atoms with E-state index in [-0.39, 0.29) is 5.11 Å². The molecule has 0 radical (unpaired) electrons. The van der Waals surface area contributed by atoms with Crippen LogP contribution in [0.5, 0.6) is 0 Å². The molecule has 33 heavy (non-hydrogen) atoms. The third-order valence-corrected chi connectivity index (χ3v) is 7.84. The van der Waals surface area contributed by atoms with E-state index < -0.39 is 0 Å². The van der Waals surface area contributed by atoms with Crippen molar-refractivity contribution in [2.24, 2.45) is 7.05 Å². The fraction of sp³-hybridized carbons (Fsp3) is 0.600. The molecule has 1 aliphatic heterocycles. The standard InChI is InChI=1S/C20H31B3N8OS/c1-30-11-13(10-24-30)26-19-28-16(15-17(29-19)33-18(27-15)20(21,22)23)25-12-2-4-14(5-3-12)31-6-8-32-9-7-31/h10-12,14H,2-9,21-23H2,1H3,(H2,25,26,28,29)/t12-,14-. The minimum atomic E-state index is -0.0319. The Balaban J connectivity index is 1.36. The Labute approximate surface area is 201 Å². The molecular weight excluding hydrogens is 433 g/mol. The van der Waals surface area contributed by atoms with Crippen molar-refractivity contribution < 1.29 is 4.74 Å². The van der Waals surface area contributed by atoms with Crippen molar-refractivity contribution in [3.63, 3.8) is 0 Å². The van der Waals surface area contributed by atoms with Crippen molar-refractivity contribution in [3.8, 4) is 0 Å². The minimum absolute atomic E-state index is 0.0319. The Hall–Kier alpha value is -2.11. The van der Waals surface area contributed by atoms with Crippen LogP contribution in [0, 0.1) is 0 Å². The third kappa shape index (κ3) is 5.20. The van der Waals surface area contributed by atoms with Gasteiger partial charge in [-0.15, -0.1) is 11.3 Å². The molecule has 1 saturated heterocycles. The van der Waals surface area contributed by atoms with Gasteiger partial charge in [0.05, 0.1) is 53.6 Å². The molecule has 2 fully saturated rings. The Morgan fingerprint density at radius 1 is 1.09 bits per heavy atom. The summed E-state index contributed by atoms with van der Waals surface area (Å²) in [7, 11) is 8.46. The molecule has 3 aromatic rings. The van der Waals surface area contributed by atoms with Crippen LogP contribution < -0.4 is 10.6 Å². The summed E-state index contributed by atoms with van der Waals surface area (Å²) in [5, 5.41) is 12.3. The van der Waals surface area contributed by atoms with Crippen molar-refractivity contribution in [1.29, 1.82) is 0 Å². The van der Waals surface area contributed by atoms with Gasteiger partial charge in [-0.05, 0) is 25.7 Å². The van der Waals surface area contributed by atoms with Crippen molar-refractivity contribution >= 4 is 62.7 Å². The number of hydrogen-bond acceptors (Lipinski definition) is 9. The number of nitrogens with zero attached hydrogens (tertiary/aromatic N) is 6. The monoisotopic (exact) mass is 464 g/mol. The lowest BCUT2D eigenvalue weighted by atomic mass is 9.43. The highest BCUT2D eigenvalue weighted by Crippen LogP contribution is 2.33. The molecule has 0 amide bonds. The lowest BCUT2D eigenvalue weighted by molar-refractivity contribution is 0.00791. The van der Waals surface area contributed by atoms with Gasteiger partial charge in [-0.25, -0.2) is 4.98 Å². The summed E-state index contributed by atoms with van der Waals surface area (Å²) in [6, 6.07) is 1.07. The molecule has 13 heteroatoms. The number of fused-ring (bicyclic) bond motifs is 1. The number of ether oxygens (including phenoxy) is 1. The molecule has 0 spiro atoms. The molecule has 3 aromatic heterocycles. The van der Waals surface area contributed by atoms with Gasteiger partial charge < -0.3 is 15.4 Å². The van der Waals surface area contributed by atoms with Crippen LogP contribution in [-0.2, 0) is 16.9 Å². The van der Waals surface area contributed by atoms with Crippen LogP contribution in [0.25, 0.3) is 10.3 Å². The zero-order chi connectivity index (χ0) is 23.0. The number of aryl methyl sites for hydroxylation is 1. The number of anilines is 3. The summed E-state index contributed by atoms with van der Waals surface area (Å²) in [6.45, 7) is 3.85. The fourth-order valence-electron chi connectivity index (χ4n) is 4.64. The fourth-order valence-corrected chi connectivity index (χ4v) is 5.63. The molecule has 0 bridgehead atoms. The average molecular weight is 464 g/mol. The largest absolute Gasteiger partial charge is 0.379 e. The molecule has 2 aliphatic rings. The molecular formula is C20H31B3N8OS. The predicted octanol–water partition coefficient (Wildman–Crippen LogP) is -0.372. The van der Waals surface area contributed by atoms with E-state index >= 15 is 0 Å². The minimum Gasteiger partial charge on any atom is -0.379 e. The first kappa shape index (κ1) is 22.7. The topological polar surface area (TPSA) is 93.0 Å². The van der Waals surface area contributed by atoms with Crippen LogP contribution in [0.1, 0.15) is 30.7 Å². The molecule has 9 nitrogen and oxygen atoms in total. The summed E-state index contributed by atoms with van der Waals surface area (Å²) in [4.78, 5) is 18.1. The summed E-state index contributed by atoms with van der Waals surface area (Å²) in [5.41, 5.74) is 1.74. The second-order valence-electron chi connectivity index (χ2n) is 10.1. The lowest BCUT2D eigenvalue weighted by Gasteiger charge is -2.39. The molecule has 0 unspecified atom stereocenters. The van der Waals surface area contributed by atoms with Crippen molar-refractivity contribution in [1.82, 2.24) is 29.6 Å². The summed E-state index contributed by atoms with van der Waals surface area (Å²) in [5.74, 6) is 1.40. The van der Waals surface area contributed by atoms with Crippen molar-refractivity contribution in [3.05, 3.63) is 17.4 Å². The average Bonchev–Trinajstić information content (AvgIpc) is 3.41. The van der Waals surface area contributed by atoms with Crippen LogP contribution in [0.2, 0.25) is 0 Å². The molecule has 0 atom stereocenters. The smallest absolute Gasteiger partial charge is 0.230 e. The Morgan fingerprint density at radius 3 is 2.52 bits per heavy atom. The number of morpholine rings is 1. The van der Waals surface area contributed by atoms with Gasteiger partial charge in [0, 0.05) is 38.4 Å². The zero-order valence-electron chi connectivity index (χ0n) is 20.0. The maximum absolute atomic E-state index is 5.53. The van der Waals surface area contributed by atoms with Gasteiger partial charge in [-0.2, -0.15) is 15.1 Å². The zero-order valence-corrected chi connectivity index (χ0v) is 20.8. The SMILES string of the molecule is BC(B)(B)c1nc2c(N[C@H]3CC[C@H](N4CCOCC4)CC3)nc(Nc3cnn(C)c3)nc2s1. The highest BCUT2D eigenvalue weighted by atomic mass is 32.1. The van der Waals surface area contributed by atoms with Gasteiger partial charge >= 0.3 is 0 Å². The first-order valence-corrected chi connectivity index (χ1v) is 12.7. The van der Waals surface area contributed by atoms with Crippen molar-refractivity contribution in [2.75, 3.05) is 36.9 Å². The van der Waals surface area contributed by atoms with Gasteiger partial charge in [0.1, 0.15) is 5.52 Å². The number of thiazole rings is 1. The van der Waals surface area contributed by atoms with Gasteiger partial charge in [-0.3, -0.25) is 9.58 Å². The number of nitrogens with one attached hydrogen (secondary N) is 2. The van der Waals surface area contributed by atoms with Crippen molar-refractivity contribution in [2.45, 2.75) is 42.9 Å². The van der Waals surface area contributed by atoms with Crippen LogP contribution in [0.3, 0.4) is 0 Å². The second kappa shape index (κ2) is 9.27. The molecule has 1 aliphatic carbocycles. The van der Waals surface area contributed by atoms with Crippen LogP contribution in [0.4, 0.5) is 17.5 Å². The Kier molecular flexibility index (Phi) is 6.37. The molecule has 4 heterocycles. The van der Waals surface area contributed by atoms with Gasteiger partial charge in [0.15, 0.2) is 10.6 Å². The summed E-state index contributed by atoms with van der Waals surface area (Å²) in [6.07, 6.45) is 8.37. The predicted molar refractivity (Wildman–Crippen MR) is 141 cm³/mol. The summed E-state index contributed by atoms with van der Waals surface area (Å²) < 4.78 is 7.29. The maximum atomic E-state index is 5.53. The molecule has 172 valence electrons. The Bertz CT molecular complexity index is 1100. The van der Waals surface area contributed by atoms with E-state index in [9.17, 15) is 0 Å². The lowest BCUT2D eigenvalue weighted by Crippen LogP contribution is -2.46. The normalized spacial score (nSPS) is 22.5. The van der Waals surface area contributed by atoms with Gasteiger partial charge in [0.2, 0.25) is 5.95 Å². The van der Waals surface area contributed by atoms with E-state index in [0.29, 0.717) is 18.0 Å². The van der Waals surface area contributed by atoms with Crippen LogP contribution >= 0.6 is 11.3 Å². The molecule has 5 rings (SSSR count). The molecule has 0 aromatic carbocycles. The highest BCUT2D eigenvalue weighted by Gasteiger charge is 2.28. The number of hydrogen-bond donors (Lipinski definition) is 2. The van der Waals surface area contributed by atoms with E-state index in [0.717, 1.165) is 66.0 Å². The second-order valence-corrected chi connectivity index (χ2v) is 11.1.